The predicted octanol–water partition coefficient (Wildman–Crippen LogP) is 2.58. The summed E-state index contributed by atoms with van der Waals surface area (Å²) >= 11 is 4.85. The number of hydrogen-bond acceptors (Lipinski definition) is 4. The summed E-state index contributed by atoms with van der Waals surface area (Å²) in [6.45, 7) is 3.81. The average Bonchev–Trinajstić information content (AvgIpc) is 2.86. The molecule has 0 radical (unpaired) electrons. The van der Waals surface area contributed by atoms with Gasteiger partial charge in [0, 0.05) is 12.8 Å². The summed E-state index contributed by atoms with van der Waals surface area (Å²) < 4.78 is 4.30. The summed E-state index contributed by atoms with van der Waals surface area (Å²) in [5.74, 6) is 1.23. The van der Waals surface area contributed by atoms with Gasteiger partial charge in [0.25, 0.3) is 5.56 Å². The van der Waals surface area contributed by atoms with E-state index in [9.17, 15) is 4.79 Å². The predicted molar refractivity (Wildman–Crippen MR) is 84.5 cm³/mol. The third-order valence-corrected chi connectivity index (χ3v) is 4.62. The SMILES string of the molecule is C=C(Br)CSc1nnc2n(C)c(=O)c3ccccc3n12. The summed E-state index contributed by atoms with van der Waals surface area (Å²) in [6.07, 6.45) is 0. The number of fused-ring (bicyclic) bond motifs is 3. The van der Waals surface area contributed by atoms with E-state index in [1.165, 1.54) is 16.3 Å². The van der Waals surface area contributed by atoms with E-state index in [0.29, 0.717) is 16.9 Å². The number of hydrogen-bond donors (Lipinski definition) is 0. The molecule has 1 aromatic carbocycles. The molecule has 0 atom stereocenters. The minimum absolute atomic E-state index is 0.0676. The summed E-state index contributed by atoms with van der Waals surface area (Å²) in [5.41, 5.74) is 0.750. The van der Waals surface area contributed by atoms with Crippen LogP contribution < -0.4 is 5.56 Å². The van der Waals surface area contributed by atoms with Gasteiger partial charge >= 0.3 is 0 Å². The van der Waals surface area contributed by atoms with Gasteiger partial charge in [0.1, 0.15) is 0 Å². The van der Waals surface area contributed by atoms with Gasteiger partial charge < -0.3 is 0 Å². The summed E-state index contributed by atoms with van der Waals surface area (Å²) in [6, 6.07) is 7.47. The molecule has 0 bridgehead atoms. The van der Waals surface area contributed by atoms with Gasteiger partial charge in [-0.25, -0.2) is 0 Å². The average molecular weight is 351 g/mol. The van der Waals surface area contributed by atoms with Crippen molar-refractivity contribution in [2.75, 3.05) is 5.75 Å². The first-order chi connectivity index (χ1) is 9.59. The van der Waals surface area contributed by atoms with Crippen molar-refractivity contribution in [3.63, 3.8) is 0 Å². The second kappa shape index (κ2) is 5.06. The lowest BCUT2D eigenvalue weighted by molar-refractivity contribution is 0.853. The zero-order valence-corrected chi connectivity index (χ0v) is 13.1. The van der Waals surface area contributed by atoms with Gasteiger partial charge in [-0.05, 0) is 16.6 Å². The Bertz CT molecular complexity index is 883. The van der Waals surface area contributed by atoms with Crippen LogP contribution in [0, 0.1) is 0 Å². The number of nitrogens with zero attached hydrogens (tertiary/aromatic N) is 4. The fourth-order valence-electron chi connectivity index (χ4n) is 2.05. The van der Waals surface area contributed by atoms with Gasteiger partial charge in [0.05, 0.1) is 10.9 Å². The molecule has 2 aromatic heterocycles. The topological polar surface area (TPSA) is 52.2 Å². The van der Waals surface area contributed by atoms with Crippen LogP contribution >= 0.6 is 27.7 Å². The van der Waals surface area contributed by atoms with Crippen LogP contribution in [0.1, 0.15) is 0 Å². The highest BCUT2D eigenvalue weighted by Crippen LogP contribution is 2.23. The fourth-order valence-corrected chi connectivity index (χ4v) is 3.08. The van der Waals surface area contributed by atoms with Crippen LogP contribution in [0.15, 0.2) is 45.3 Å². The molecule has 0 amide bonds. The van der Waals surface area contributed by atoms with Gasteiger partial charge in [-0.2, -0.15) is 0 Å². The number of thioether (sulfide) groups is 1. The maximum absolute atomic E-state index is 12.3. The molecular weight excluding hydrogens is 340 g/mol. The third kappa shape index (κ3) is 2.06. The second-order valence-electron chi connectivity index (χ2n) is 4.31. The van der Waals surface area contributed by atoms with Crippen molar-refractivity contribution in [1.82, 2.24) is 19.2 Å². The van der Waals surface area contributed by atoms with Crippen LogP contribution in [0.2, 0.25) is 0 Å². The number of aryl methyl sites for hydroxylation is 1. The smallest absolute Gasteiger partial charge is 0.262 e. The van der Waals surface area contributed by atoms with E-state index in [-0.39, 0.29) is 5.56 Å². The normalized spacial score (nSPS) is 11.3. The molecule has 2 heterocycles. The van der Waals surface area contributed by atoms with E-state index in [1.807, 2.05) is 28.7 Å². The highest BCUT2D eigenvalue weighted by molar-refractivity contribution is 9.11. The van der Waals surface area contributed by atoms with Crippen molar-refractivity contribution in [2.45, 2.75) is 5.16 Å². The number of rotatable bonds is 3. The molecule has 0 aliphatic carbocycles. The quantitative estimate of drug-likeness (QED) is 0.681. The molecule has 0 aliphatic rings. The molecule has 3 aromatic rings. The van der Waals surface area contributed by atoms with Crippen LogP contribution in [-0.4, -0.2) is 24.9 Å². The molecule has 0 fully saturated rings. The Labute approximate surface area is 127 Å². The standard InChI is InChI=1S/C13H11BrN4OS/c1-8(14)7-20-13-16-15-12-17(2)11(19)9-5-3-4-6-10(9)18(12)13/h3-6H,1,7H2,2H3. The lowest BCUT2D eigenvalue weighted by Crippen LogP contribution is -2.20. The highest BCUT2D eigenvalue weighted by atomic mass is 79.9. The zero-order chi connectivity index (χ0) is 14.3. The first-order valence-electron chi connectivity index (χ1n) is 5.88. The molecule has 0 unspecified atom stereocenters. The molecule has 5 nitrogen and oxygen atoms in total. The maximum Gasteiger partial charge on any atom is 0.262 e. The monoisotopic (exact) mass is 350 g/mol. The lowest BCUT2D eigenvalue weighted by atomic mass is 10.2. The number of halogens is 1. The molecule has 0 N–H and O–H groups in total. The minimum Gasteiger partial charge on any atom is -0.279 e. The van der Waals surface area contributed by atoms with Gasteiger partial charge in [-0.1, -0.05) is 46.4 Å². The van der Waals surface area contributed by atoms with Gasteiger partial charge in [-0.3, -0.25) is 13.8 Å². The van der Waals surface area contributed by atoms with Crippen LogP contribution in [0.4, 0.5) is 0 Å². The van der Waals surface area contributed by atoms with Gasteiger partial charge in [-0.15, -0.1) is 10.2 Å². The lowest BCUT2D eigenvalue weighted by Gasteiger charge is -2.07. The summed E-state index contributed by atoms with van der Waals surface area (Å²) in [5, 5.41) is 9.69. The molecule has 0 spiro atoms. The van der Waals surface area contributed by atoms with Crippen molar-refractivity contribution in [2.24, 2.45) is 7.05 Å². The van der Waals surface area contributed by atoms with Crippen molar-refractivity contribution >= 4 is 44.4 Å². The second-order valence-corrected chi connectivity index (χ2v) is 6.37. The van der Waals surface area contributed by atoms with Crippen molar-refractivity contribution in [1.29, 1.82) is 0 Å². The van der Waals surface area contributed by atoms with Gasteiger partial charge in [0.15, 0.2) is 5.16 Å². The van der Waals surface area contributed by atoms with Crippen LogP contribution in [0.5, 0.6) is 0 Å². The van der Waals surface area contributed by atoms with Crippen molar-refractivity contribution in [3.8, 4) is 0 Å². The third-order valence-electron chi connectivity index (χ3n) is 2.95. The Morgan fingerprint density at radius 1 is 1.40 bits per heavy atom. The Hall–Kier alpha value is -1.60. The van der Waals surface area contributed by atoms with Crippen LogP contribution in [-0.2, 0) is 7.05 Å². The van der Waals surface area contributed by atoms with E-state index in [1.54, 1.807) is 7.05 Å². The van der Waals surface area contributed by atoms with E-state index in [4.69, 9.17) is 0 Å². The first-order valence-corrected chi connectivity index (χ1v) is 7.66. The number of benzene rings is 1. The molecule has 0 saturated carbocycles. The molecule has 0 saturated heterocycles. The summed E-state index contributed by atoms with van der Waals surface area (Å²) in [4.78, 5) is 12.3. The molecule has 0 aliphatic heterocycles. The Kier molecular flexibility index (Phi) is 3.39. The van der Waals surface area contributed by atoms with E-state index < -0.39 is 0 Å². The maximum atomic E-state index is 12.3. The molecular formula is C13H11BrN4OS. The van der Waals surface area contributed by atoms with E-state index >= 15 is 0 Å². The molecule has 3 rings (SSSR count). The van der Waals surface area contributed by atoms with Crippen LogP contribution in [0.3, 0.4) is 0 Å². The van der Waals surface area contributed by atoms with Crippen molar-refractivity contribution in [3.05, 3.63) is 45.7 Å². The largest absolute Gasteiger partial charge is 0.279 e. The number of aromatic nitrogens is 4. The molecule has 20 heavy (non-hydrogen) atoms. The minimum atomic E-state index is -0.0676. The molecule has 102 valence electrons. The fraction of sp³-hybridized carbons (Fsp3) is 0.154. The van der Waals surface area contributed by atoms with E-state index in [2.05, 4.69) is 32.7 Å². The van der Waals surface area contributed by atoms with Gasteiger partial charge in [0.2, 0.25) is 5.78 Å². The first kappa shape index (κ1) is 13.4. The van der Waals surface area contributed by atoms with Crippen LogP contribution in [0.25, 0.3) is 16.7 Å². The van der Waals surface area contributed by atoms with E-state index in [0.717, 1.165) is 15.2 Å². The zero-order valence-electron chi connectivity index (χ0n) is 10.7. The molecule has 7 heteroatoms. The summed E-state index contributed by atoms with van der Waals surface area (Å²) in [7, 11) is 1.71. The Morgan fingerprint density at radius 2 is 2.15 bits per heavy atom. The highest BCUT2D eigenvalue weighted by Gasteiger charge is 2.14. The Morgan fingerprint density at radius 3 is 2.90 bits per heavy atom. The number of para-hydroxylation sites is 1. The van der Waals surface area contributed by atoms with Crippen molar-refractivity contribution < 1.29 is 0 Å². The Balaban J connectivity index is 2.35.